The molecule has 0 saturated heterocycles. The normalized spacial score (nSPS) is 11.6. The van der Waals surface area contributed by atoms with Gasteiger partial charge >= 0.3 is 0 Å². The molecule has 0 atom stereocenters. The number of hydrogen-bond acceptors (Lipinski definition) is 8. The highest BCUT2D eigenvalue weighted by Crippen LogP contribution is 2.41. The van der Waals surface area contributed by atoms with Crippen LogP contribution in [0.25, 0.3) is 201 Å². The van der Waals surface area contributed by atoms with Crippen LogP contribution < -0.4 is 0 Å². The molecule has 14 aromatic carbocycles. The lowest BCUT2D eigenvalue weighted by Crippen LogP contribution is -1.99. The molecule has 8 aromatic heterocycles. The molecule has 22 aromatic rings. The van der Waals surface area contributed by atoms with Crippen LogP contribution in [-0.2, 0) is 0 Å². The highest BCUT2D eigenvalue weighted by Gasteiger charge is 2.22. The maximum absolute atomic E-state index is 4.97. The number of benzene rings is 14. The minimum Gasteiger partial charge on any atom is -0.309 e. The van der Waals surface area contributed by atoms with E-state index in [4.69, 9.17) is 39.9 Å². The highest BCUT2D eigenvalue weighted by atomic mass is 15.0. The molecule has 0 aliphatic rings. The zero-order valence-corrected chi connectivity index (χ0v) is 60.3. The number of aromatic nitrogens is 12. The van der Waals surface area contributed by atoms with Gasteiger partial charge in [-0.2, -0.15) is 0 Å². The van der Waals surface area contributed by atoms with Crippen molar-refractivity contribution >= 4 is 87.2 Å². The van der Waals surface area contributed by atoms with E-state index in [1.54, 1.807) is 0 Å². The molecule has 0 spiro atoms. The molecular weight excluding hydrogens is 1370 g/mol. The first kappa shape index (κ1) is 64.9. The van der Waals surface area contributed by atoms with Crippen LogP contribution in [-0.4, -0.2) is 58.1 Å². The van der Waals surface area contributed by atoms with E-state index in [2.05, 4.69) is 297 Å². The van der Waals surface area contributed by atoms with Gasteiger partial charge in [0.05, 0.1) is 72.5 Å². The average molecular weight is 1430 g/mol. The highest BCUT2D eigenvalue weighted by molar-refractivity contribution is 6.13. The zero-order chi connectivity index (χ0) is 74.0. The monoisotopic (exact) mass is 1430 g/mol. The Morgan fingerprint density at radius 3 is 0.768 bits per heavy atom. The van der Waals surface area contributed by atoms with Crippen molar-refractivity contribution in [1.29, 1.82) is 0 Å². The van der Waals surface area contributed by atoms with Crippen LogP contribution in [0.1, 0.15) is 0 Å². The number of rotatable bonds is 12. The summed E-state index contributed by atoms with van der Waals surface area (Å²) in [6, 6.07) is 127. The SMILES string of the molecule is c1ccc(-c2cc(-c3ccccc3)nc(-c3cnc(-c4ccc5c(c4)c4ccccc4n5-c4cccc(-n5c6ccccc6c6ccccc65)c4)nc3)n2)cc1.c1ccc(-c2cc(-c3ccccc3)nc(-c3ncc(-c4ccc5c(c4)c4ccccc4n5-c4cccc(-n5c6ccccc6c6ccccc65)c4)cn3)n2)cc1. The Morgan fingerprint density at radius 2 is 0.420 bits per heavy atom. The van der Waals surface area contributed by atoms with Crippen molar-refractivity contribution in [3.05, 3.63) is 389 Å². The Kier molecular flexibility index (Phi) is 15.9. The molecule has 0 radical (unpaired) electrons. The third-order valence-corrected chi connectivity index (χ3v) is 21.3. The molecule has 112 heavy (non-hydrogen) atoms. The fourth-order valence-electron chi connectivity index (χ4n) is 16.1. The summed E-state index contributed by atoms with van der Waals surface area (Å²) in [4.78, 5) is 39.2. The van der Waals surface area contributed by atoms with Crippen LogP contribution in [0.15, 0.2) is 389 Å². The second-order valence-corrected chi connectivity index (χ2v) is 27.9. The summed E-state index contributed by atoms with van der Waals surface area (Å²) < 4.78 is 9.46. The van der Waals surface area contributed by atoms with Gasteiger partial charge in [0.1, 0.15) is 0 Å². The van der Waals surface area contributed by atoms with E-state index in [1.807, 2.05) is 110 Å². The van der Waals surface area contributed by atoms with Crippen molar-refractivity contribution in [3.8, 4) is 113 Å². The molecule has 0 amide bonds. The van der Waals surface area contributed by atoms with Gasteiger partial charge in [0.15, 0.2) is 23.3 Å². The number of para-hydroxylation sites is 6. The lowest BCUT2D eigenvalue weighted by Gasteiger charge is -2.13. The predicted molar refractivity (Wildman–Crippen MR) is 456 cm³/mol. The van der Waals surface area contributed by atoms with Crippen molar-refractivity contribution in [2.75, 3.05) is 0 Å². The van der Waals surface area contributed by atoms with Crippen LogP contribution in [0.3, 0.4) is 0 Å². The molecule has 0 aliphatic carbocycles. The van der Waals surface area contributed by atoms with E-state index in [-0.39, 0.29) is 0 Å². The summed E-state index contributed by atoms with van der Waals surface area (Å²) in [7, 11) is 0. The molecule has 0 aliphatic heterocycles. The third kappa shape index (κ3) is 11.5. The van der Waals surface area contributed by atoms with E-state index < -0.39 is 0 Å². The van der Waals surface area contributed by atoms with Gasteiger partial charge in [-0.15, -0.1) is 0 Å². The molecule has 8 heterocycles. The van der Waals surface area contributed by atoms with E-state index in [0.29, 0.717) is 23.3 Å². The fourth-order valence-corrected chi connectivity index (χ4v) is 16.1. The minimum absolute atomic E-state index is 0.476. The lowest BCUT2D eigenvalue weighted by atomic mass is 10.1. The molecule has 12 heteroatoms. The first-order valence-corrected chi connectivity index (χ1v) is 37.4. The second kappa shape index (κ2) is 27.4. The third-order valence-electron chi connectivity index (χ3n) is 21.3. The van der Waals surface area contributed by atoms with Crippen molar-refractivity contribution in [2.24, 2.45) is 0 Å². The first-order chi connectivity index (χ1) is 55.5. The standard InChI is InChI=1S/2C50H32N6/c1-3-14-33(15-4-1)43-30-44(34-16-5-2-6-17-34)54-50(53-43)36-31-51-49(52-32-36)35-26-27-48-42(28-35)41-22-9-12-25-47(41)56(48)38-19-13-18-37(29-38)55-45-23-10-7-20-39(45)40-21-8-11-24-46(40)55;1-3-14-33(15-4-1)43-30-44(34-16-5-2-6-17-34)54-50(53-43)49-51-31-36(32-52-49)35-26-27-48-42(28-35)41-22-9-12-25-47(41)56(48)38-19-13-18-37(29-38)55-45-23-10-7-20-39(45)40-21-8-11-24-46(40)55/h2*1-32H. The van der Waals surface area contributed by atoms with Crippen molar-refractivity contribution in [1.82, 2.24) is 58.1 Å². The van der Waals surface area contributed by atoms with E-state index in [9.17, 15) is 0 Å². The lowest BCUT2D eigenvalue weighted by molar-refractivity contribution is 1.08. The minimum atomic E-state index is 0.476. The van der Waals surface area contributed by atoms with Crippen LogP contribution in [0.2, 0.25) is 0 Å². The Balaban J connectivity index is 0.000000141. The number of nitrogens with zero attached hydrogens (tertiary/aromatic N) is 12. The van der Waals surface area contributed by atoms with Crippen LogP contribution in [0, 0.1) is 0 Å². The Labute approximate surface area is 643 Å². The van der Waals surface area contributed by atoms with Gasteiger partial charge in [0.25, 0.3) is 0 Å². The summed E-state index contributed by atoms with van der Waals surface area (Å²) in [5.41, 5.74) is 24.8. The van der Waals surface area contributed by atoms with Crippen molar-refractivity contribution < 1.29 is 0 Å². The molecule has 0 N–H and O–H groups in total. The van der Waals surface area contributed by atoms with Crippen LogP contribution in [0.4, 0.5) is 0 Å². The quantitative estimate of drug-likeness (QED) is 0.119. The van der Waals surface area contributed by atoms with E-state index in [0.717, 1.165) is 123 Å². The van der Waals surface area contributed by atoms with Gasteiger partial charge in [-0.1, -0.05) is 249 Å². The van der Waals surface area contributed by atoms with Gasteiger partial charge in [-0.3, -0.25) is 0 Å². The Bertz CT molecular complexity index is 6690. The summed E-state index contributed by atoms with van der Waals surface area (Å²) in [5, 5.41) is 9.65. The molecule has 0 bridgehead atoms. The Morgan fingerprint density at radius 1 is 0.152 bits per heavy atom. The average Bonchev–Trinajstić information content (AvgIpc) is 1.59. The number of hydrogen-bond donors (Lipinski definition) is 0. The Hall–Kier alpha value is -15.4. The van der Waals surface area contributed by atoms with E-state index in [1.165, 1.54) is 54.4 Å². The van der Waals surface area contributed by atoms with Gasteiger partial charge < -0.3 is 18.3 Å². The maximum atomic E-state index is 4.97. The molecule has 12 nitrogen and oxygen atoms in total. The van der Waals surface area contributed by atoms with Crippen molar-refractivity contribution in [2.45, 2.75) is 0 Å². The predicted octanol–water partition coefficient (Wildman–Crippen LogP) is 24.3. The maximum Gasteiger partial charge on any atom is 0.198 e. The van der Waals surface area contributed by atoms with Crippen LogP contribution in [0.5, 0.6) is 0 Å². The molecule has 22 rings (SSSR count). The van der Waals surface area contributed by atoms with Gasteiger partial charge in [-0.05, 0) is 121 Å². The summed E-state index contributed by atoms with van der Waals surface area (Å²) in [6.07, 6.45) is 7.40. The molecule has 0 unspecified atom stereocenters. The molecule has 0 fully saturated rings. The second-order valence-electron chi connectivity index (χ2n) is 27.9. The largest absolute Gasteiger partial charge is 0.309 e. The van der Waals surface area contributed by atoms with Gasteiger partial charge in [0.2, 0.25) is 0 Å². The zero-order valence-electron chi connectivity index (χ0n) is 60.3. The van der Waals surface area contributed by atoms with E-state index >= 15 is 0 Å². The van der Waals surface area contributed by atoms with Crippen molar-refractivity contribution in [3.63, 3.8) is 0 Å². The summed E-state index contributed by atoms with van der Waals surface area (Å²) in [5.74, 6) is 2.18. The van der Waals surface area contributed by atoms with Gasteiger partial charge in [-0.25, -0.2) is 39.9 Å². The summed E-state index contributed by atoms with van der Waals surface area (Å²) >= 11 is 0. The van der Waals surface area contributed by atoms with Crippen LogP contribution >= 0.6 is 0 Å². The fraction of sp³-hybridized carbons (Fsp3) is 0. The molecule has 524 valence electrons. The van der Waals surface area contributed by atoms with Gasteiger partial charge in [0, 0.05) is 124 Å². The summed E-state index contributed by atoms with van der Waals surface area (Å²) in [6.45, 7) is 0. The molecule has 0 saturated carbocycles. The topological polar surface area (TPSA) is 123 Å². The molecular formula is C100H64N12. The first-order valence-electron chi connectivity index (χ1n) is 37.4. The smallest absolute Gasteiger partial charge is 0.198 e. The number of fused-ring (bicyclic) bond motifs is 12.